The van der Waals surface area contributed by atoms with E-state index in [-0.39, 0.29) is 17.3 Å². The predicted octanol–water partition coefficient (Wildman–Crippen LogP) is 5.77. The molecule has 2 N–H and O–H groups in total. The number of carboxylic acid groups (broad SMARTS) is 1. The van der Waals surface area contributed by atoms with Crippen LogP contribution in [0, 0.1) is 0 Å². The molecule has 0 saturated carbocycles. The van der Waals surface area contributed by atoms with Gasteiger partial charge in [0.25, 0.3) is 5.91 Å². The van der Waals surface area contributed by atoms with Crippen LogP contribution in [0.3, 0.4) is 0 Å². The molecule has 0 atom stereocenters. The van der Waals surface area contributed by atoms with Gasteiger partial charge >= 0.3 is 5.97 Å². The number of benzene rings is 4. The lowest BCUT2D eigenvalue weighted by Crippen LogP contribution is -2.13. The van der Waals surface area contributed by atoms with Gasteiger partial charge in [-0.15, -0.1) is 11.8 Å². The molecule has 0 aliphatic carbocycles. The summed E-state index contributed by atoms with van der Waals surface area (Å²) in [7, 11) is 0. The molecule has 0 heterocycles. The summed E-state index contributed by atoms with van der Waals surface area (Å²) in [4.78, 5) is 37.7. The van der Waals surface area contributed by atoms with E-state index in [1.807, 2.05) is 30.3 Å². The zero-order valence-electron chi connectivity index (χ0n) is 16.9. The molecule has 0 unspecified atom stereocenters. The van der Waals surface area contributed by atoms with Crippen LogP contribution in [-0.2, 0) is 0 Å². The van der Waals surface area contributed by atoms with Crippen LogP contribution in [0.25, 0.3) is 10.8 Å². The maximum atomic E-state index is 12.9. The fourth-order valence-electron chi connectivity index (χ4n) is 3.40. The number of hydrogen-bond donors (Lipinski definition) is 2. The first kappa shape index (κ1) is 21.3. The Morgan fingerprint density at radius 2 is 1.41 bits per heavy atom. The number of Topliss-reactive ketones (excluding diaryl/α,β-unsaturated/α-hetero) is 1. The summed E-state index contributed by atoms with van der Waals surface area (Å²) >= 11 is 1.43. The predicted molar refractivity (Wildman–Crippen MR) is 127 cm³/mol. The van der Waals surface area contributed by atoms with Gasteiger partial charge in [0.15, 0.2) is 5.78 Å². The minimum absolute atomic E-state index is 0.0539. The van der Waals surface area contributed by atoms with E-state index in [4.69, 9.17) is 0 Å². The standard InChI is InChI=1S/C26H19NO4S/c28-23(17-6-2-1-3-7-17)16-32-20-14-12-19(13-15-20)27-25(29)21-10-4-8-18-9-5-11-22(24(18)21)26(30)31/h1-15H,16H2,(H,27,29)(H,30,31). The monoisotopic (exact) mass is 441 g/mol. The van der Waals surface area contributed by atoms with Crippen molar-refractivity contribution in [2.45, 2.75) is 4.90 Å². The summed E-state index contributed by atoms with van der Waals surface area (Å²) in [5.74, 6) is -1.09. The molecule has 0 bridgehead atoms. The molecule has 0 spiro atoms. The number of rotatable bonds is 7. The average Bonchev–Trinajstić information content (AvgIpc) is 2.83. The Morgan fingerprint density at radius 1 is 0.750 bits per heavy atom. The van der Waals surface area contributed by atoms with E-state index < -0.39 is 5.97 Å². The molecule has 4 rings (SSSR count). The number of nitrogens with one attached hydrogen (secondary N) is 1. The smallest absolute Gasteiger partial charge is 0.336 e. The molecular formula is C26H19NO4S. The highest BCUT2D eigenvalue weighted by molar-refractivity contribution is 8.00. The average molecular weight is 442 g/mol. The Morgan fingerprint density at radius 3 is 2.06 bits per heavy atom. The summed E-state index contributed by atoms with van der Waals surface area (Å²) in [5, 5.41) is 13.4. The molecule has 32 heavy (non-hydrogen) atoms. The van der Waals surface area contributed by atoms with E-state index >= 15 is 0 Å². The summed E-state index contributed by atoms with van der Waals surface area (Å²) in [6.45, 7) is 0. The minimum Gasteiger partial charge on any atom is -0.478 e. The Balaban J connectivity index is 1.47. The third-order valence-corrected chi connectivity index (χ3v) is 5.97. The number of carbonyl (C=O) groups is 3. The third-order valence-electron chi connectivity index (χ3n) is 4.96. The van der Waals surface area contributed by atoms with Gasteiger partial charge < -0.3 is 10.4 Å². The van der Waals surface area contributed by atoms with Crippen molar-refractivity contribution in [3.8, 4) is 0 Å². The molecule has 0 aromatic heterocycles. The van der Waals surface area contributed by atoms with Crippen molar-refractivity contribution >= 4 is 45.9 Å². The van der Waals surface area contributed by atoms with Crippen LogP contribution in [0.15, 0.2) is 95.9 Å². The Labute approximate surface area is 189 Å². The van der Waals surface area contributed by atoms with Crippen LogP contribution in [-0.4, -0.2) is 28.5 Å². The molecule has 1 amide bonds. The van der Waals surface area contributed by atoms with E-state index in [2.05, 4.69) is 5.32 Å². The summed E-state index contributed by atoms with van der Waals surface area (Å²) in [5.41, 5.74) is 1.65. The number of hydrogen-bond acceptors (Lipinski definition) is 4. The van der Waals surface area contributed by atoms with E-state index in [0.29, 0.717) is 33.3 Å². The number of thioether (sulfide) groups is 1. The van der Waals surface area contributed by atoms with Gasteiger partial charge in [-0.25, -0.2) is 4.79 Å². The van der Waals surface area contributed by atoms with Crippen molar-refractivity contribution in [1.82, 2.24) is 0 Å². The number of ketones is 1. The SMILES string of the molecule is O=C(CSc1ccc(NC(=O)c2cccc3cccc(C(=O)O)c23)cc1)c1ccccc1. The van der Waals surface area contributed by atoms with E-state index in [1.54, 1.807) is 54.6 Å². The fraction of sp³-hybridized carbons (Fsp3) is 0.0385. The van der Waals surface area contributed by atoms with Crippen molar-refractivity contribution in [1.29, 1.82) is 0 Å². The Hall–Kier alpha value is -3.90. The van der Waals surface area contributed by atoms with Gasteiger partial charge in [-0.1, -0.05) is 54.6 Å². The Bertz CT molecular complexity index is 1300. The first-order valence-corrected chi connectivity index (χ1v) is 10.9. The van der Waals surface area contributed by atoms with Crippen LogP contribution >= 0.6 is 11.8 Å². The topological polar surface area (TPSA) is 83.5 Å². The van der Waals surface area contributed by atoms with Crippen molar-refractivity contribution in [2.24, 2.45) is 0 Å². The van der Waals surface area contributed by atoms with Gasteiger partial charge in [0.1, 0.15) is 0 Å². The maximum Gasteiger partial charge on any atom is 0.336 e. The normalized spacial score (nSPS) is 10.6. The van der Waals surface area contributed by atoms with Crippen LogP contribution in [0.4, 0.5) is 5.69 Å². The van der Waals surface area contributed by atoms with Gasteiger partial charge in [0.2, 0.25) is 0 Å². The van der Waals surface area contributed by atoms with Crippen LogP contribution in [0.2, 0.25) is 0 Å². The van der Waals surface area contributed by atoms with Crippen molar-refractivity contribution in [3.63, 3.8) is 0 Å². The third kappa shape index (κ3) is 4.71. The van der Waals surface area contributed by atoms with Crippen LogP contribution in [0.1, 0.15) is 31.1 Å². The second kappa shape index (κ2) is 9.49. The van der Waals surface area contributed by atoms with Crippen LogP contribution in [0.5, 0.6) is 0 Å². The molecule has 0 fully saturated rings. The quantitative estimate of drug-likeness (QED) is 0.281. The molecule has 5 nitrogen and oxygen atoms in total. The van der Waals surface area contributed by atoms with Gasteiger partial charge in [0, 0.05) is 27.1 Å². The zero-order valence-corrected chi connectivity index (χ0v) is 17.8. The lowest BCUT2D eigenvalue weighted by atomic mass is 9.98. The molecule has 6 heteroatoms. The number of fused-ring (bicyclic) bond motifs is 1. The minimum atomic E-state index is -1.08. The maximum absolute atomic E-state index is 12.9. The number of carboxylic acids is 1. The molecular weight excluding hydrogens is 422 g/mol. The second-order valence-corrected chi connectivity index (χ2v) is 8.12. The fourth-order valence-corrected chi connectivity index (χ4v) is 4.19. The highest BCUT2D eigenvalue weighted by Gasteiger charge is 2.16. The molecule has 0 aliphatic heterocycles. The zero-order chi connectivity index (χ0) is 22.5. The molecule has 0 radical (unpaired) electrons. The van der Waals surface area contributed by atoms with Crippen LogP contribution < -0.4 is 5.32 Å². The number of amides is 1. The highest BCUT2D eigenvalue weighted by atomic mass is 32.2. The number of carbonyl (C=O) groups excluding carboxylic acids is 2. The Kier molecular flexibility index (Phi) is 6.33. The van der Waals surface area contributed by atoms with Crippen molar-refractivity contribution in [3.05, 3.63) is 108 Å². The summed E-state index contributed by atoms with van der Waals surface area (Å²) in [6, 6.07) is 26.4. The molecule has 4 aromatic carbocycles. The second-order valence-electron chi connectivity index (χ2n) is 7.07. The largest absolute Gasteiger partial charge is 0.478 e. The highest BCUT2D eigenvalue weighted by Crippen LogP contribution is 2.25. The number of anilines is 1. The van der Waals surface area contributed by atoms with E-state index in [0.717, 1.165) is 4.90 Å². The lowest BCUT2D eigenvalue weighted by molar-refractivity contribution is 0.0698. The molecule has 0 saturated heterocycles. The molecule has 158 valence electrons. The van der Waals surface area contributed by atoms with Gasteiger partial charge in [0.05, 0.1) is 11.3 Å². The van der Waals surface area contributed by atoms with Crippen molar-refractivity contribution < 1.29 is 19.5 Å². The molecule has 4 aromatic rings. The lowest BCUT2D eigenvalue weighted by Gasteiger charge is -2.11. The molecule has 0 aliphatic rings. The van der Waals surface area contributed by atoms with Gasteiger partial charge in [-0.05, 0) is 41.8 Å². The van der Waals surface area contributed by atoms with Crippen molar-refractivity contribution in [2.75, 3.05) is 11.1 Å². The first-order valence-electron chi connectivity index (χ1n) is 9.90. The summed E-state index contributed by atoms with van der Waals surface area (Å²) < 4.78 is 0. The van der Waals surface area contributed by atoms with E-state index in [1.165, 1.54) is 17.8 Å². The van der Waals surface area contributed by atoms with Gasteiger partial charge in [-0.2, -0.15) is 0 Å². The summed E-state index contributed by atoms with van der Waals surface area (Å²) in [6.07, 6.45) is 0. The van der Waals surface area contributed by atoms with Gasteiger partial charge in [-0.3, -0.25) is 9.59 Å². The first-order chi connectivity index (χ1) is 15.5. The van der Waals surface area contributed by atoms with E-state index in [9.17, 15) is 19.5 Å². The number of aromatic carboxylic acids is 1.